The van der Waals surface area contributed by atoms with Crippen molar-refractivity contribution in [3.63, 3.8) is 0 Å². The molecular formula is C30H30N4O5S. The first-order valence-electron chi connectivity index (χ1n) is 12.8. The lowest BCUT2D eigenvalue weighted by Crippen LogP contribution is -2.35. The Hall–Kier alpha value is -4.31. The van der Waals surface area contributed by atoms with Crippen molar-refractivity contribution in [2.24, 2.45) is 7.05 Å². The third-order valence-corrected chi connectivity index (χ3v) is 7.90. The van der Waals surface area contributed by atoms with E-state index >= 15 is 0 Å². The summed E-state index contributed by atoms with van der Waals surface area (Å²) in [5.74, 6) is 2.42. The van der Waals surface area contributed by atoms with E-state index in [1.54, 1.807) is 6.92 Å². The Labute approximate surface area is 236 Å². The van der Waals surface area contributed by atoms with Crippen LogP contribution >= 0.6 is 11.8 Å². The quantitative estimate of drug-likeness (QED) is 0.281. The number of amides is 3. The van der Waals surface area contributed by atoms with Gasteiger partial charge in [0.15, 0.2) is 0 Å². The molecule has 1 aliphatic heterocycles. The van der Waals surface area contributed by atoms with Crippen molar-refractivity contribution >= 4 is 45.5 Å². The summed E-state index contributed by atoms with van der Waals surface area (Å²) in [4.78, 5) is 39.9. The van der Waals surface area contributed by atoms with E-state index in [-0.39, 0.29) is 23.7 Å². The van der Waals surface area contributed by atoms with Gasteiger partial charge in [0.25, 0.3) is 5.24 Å². The molecule has 0 radical (unpaired) electrons. The van der Waals surface area contributed by atoms with Crippen molar-refractivity contribution < 1.29 is 23.9 Å². The zero-order valence-corrected chi connectivity index (χ0v) is 23.8. The summed E-state index contributed by atoms with van der Waals surface area (Å²) >= 11 is 1.03. The monoisotopic (exact) mass is 558 g/mol. The van der Waals surface area contributed by atoms with Crippen molar-refractivity contribution in [2.75, 3.05) is 5.32 Å². The number of carbonyl (C=O) groups is 3. The maximum atomic E-state index is 12.1. The van der Waals surface area contributed by atoms with Crippen LogP contribution in [0.1, 0.15) is 36.4 Å². The lowest BCUT2D eigenvalue weighted by Gasteiger charge is -2.18. The van der Waals surface area contributed by atoms with Gasteiger partial charge in [-0.1, -0.05) is 12.1 Å². The van der Waals surface area contributed by atoms with Crippen LogP contribution in [0.5, 0.6) is 17.2 Å². The number of nitrogens with one attached hydrogen (secondary N) is 2. The minimum atomic E-state index is -0.803. The number of ether oxygens (including phenoxy) is 2. The number of benzene rings is 3. The average molecular weight is 559 g/mol. The van der Waals surface area contributed by atoms with Crippen LogP contribution in [0.4, 0.5) is 10.5 Å². The molecule has 206 valence electrons. The number of nitrogens with zero attached hydrogens (tertiary/aromatic N) is 2. The fourth-order valence-electron chi connectivity index (χ4n) is 4.76. The molecule has 0 saturated carbocycles. The van der Waals surface area contributed by atoms with Crippen molar-refractivity contribution in [1.82, 2.24) is 14.9 Å². The maximum Gasteiger partial charge on any atom is 0.286 e. The Morgan fingerprint density at radius 2 is 1.70 bits per heavy atom. The van der Waals surface area contributed by atoms with Crippen LogP contribution in [0.2, 0.25) is 0 Å². The number of aromatic nitrogens is 2. The van der Waals surface area contributed by atoms with Gasteiger partial charge in [0, 0.05) is 25.7 Å². The van der Waals surface area contributed by atoms with E-state index in [0.717, 1.165) is 51.0 Å². The Kier molecular flexibility index (Phi) is 7.29. The molecule has 3 amide bonds. The molecule has 0 aliphatic carbocycles. The lowest BCUT2D eigenvalue weighted by atomic mass is 9.99. The van der Waals surface area contributed by atoms with Gasteiger partial charge in [0.1, 0.15) is 34.4 Å². The molecule has 0 bridgehead atoms. The minimum Gasteiger partial charge on any atom is -0.486 e. The molecule has 40 heavy (non-hydrogen) atoms. The normalized spacial score (nSPS) is 16.7. The molecule has 1 saturated heterocycles. The zero-order chi connectivity index (χ0) is 28.6. The molecular weight excluding hydrogens is 528 g/mol. The van der Waals surface area contributed by atoms with E-state index in [2.05, 4.69) is 10.6 Å². The molecule has 0 unspecified atom stereocenters. The Morgan fingerprint density at radius 3 is 2.33 bits per heavy atom. The SMILES string of the molecule is CC(=O)Nc1c(C)cc(Oc2ccc3nc(COc4ccc(C[C@@]5(C)SC(=O)NC5=O)cc4)n(C)c3c2)cc1C. The molecule has 1 atom stereocenters. The number of anilines is 1. The first kappa shape index (κ1) is 27.3. The molecule has 4 aromatic rings. The van der Waals surface area contributed by atoms with Gasteiger partial charge in [-0.15, -0.1) is 0 Å². The maximum absolute atomic E-state index is 12.1. The predicted molar refractivity (Wildman–Crippen MR) is 155 cm³/mol. The molecule has 10 heteroatoms. The second-order valence-electron chi connectivity index (χ2n) is 10.1. The highest BCUT2D eigenvalue weighted by Crippen LogP contribution is 2.35. The average Bonchev–Trinajstić information content (AvgIpc) is 3.34. The van der Waals surface area contributed by atoms with Gasteiger partial charge in [0.05, 0.1) is 11.0 Å². The van der Waals surface area contributed by atoms with Gasteiger partial charge in [-0.05, 0) is 92.0 Å². The van der Waals surface area contributed by atoms with Crippen LogP contribution in [0.25, 0.3) is 11.0 Å². The predicted octanol–water partition coefficient (Wildman–Crippen LogP) is 5.80. The number of rotatable bonds is 8. The molecule has 3 aromatic carbocycles. The minimum absolute atomic E-state index is 0.111. The van der Waals surface area contributed by atoms with E-state index in [1.807, 2.05) is 80.1 Å². The number of hydrogen-bond acceptors (Lipinski definition) is 7. The van der Waals surface area contributed by atoms with Crippen LogP contribution < -0.4 is 20.1 Å². The fourth-order valence-corrected chi connectivity index (χ4v) is 5.70. The molecule has 2 N–H and O–H groups in total. The molecule has 1 aliphatic rings. The smallest absolute Gasteiger partial charge is 0.286 e. The van der Waals surface area contributed by atoms with Crippen molar-refractivity contribution in [3.8, 4) is 17.2 Å². The van der Waals surface area contributed by atoms with E-state index < -0.39 is 4.75 Å². The summed E-state index contributed by atoms with van der Waals surface area (Å²) in [5, 5.41) is 4.91. The van der Waals surface area contributed by atoms with E-state index in [1.165, 1.54) is 6.92 Å². The van der Waals surface area contributed by atoms with Gasteiger partial charge in [0.2, 0.25) is 11.8 Å². The third-order valence-electron chi connectivity index (χ3n) is 6.83. The van der Waals surface area contributed by atoms with Gasteiger partial charge in [-0.2, -0.15) is 0 Å². The first-order chi connectivity index (χ1) is 19.0. The van der Waals surface area contributed by atoms with Crippen molar-refractivity contribution in [3.05, 3.63) is 77.1 Å². The van der Waals surface area contributed by atoms with Crippen LogP contribution in [-0.4, -0.2) is 31.4 Å². The Morgan fingerprint density at radius 1 is 1.02 bits per heavy atom. The summed E-state index contributed by atoms with van der Waals surface area (Å²) in [6.45, 7) is 7.41. The standard InChI is InChI=1S/C30H30N4O5S/c1-17-12-23(13-18(2)27(17)31-19(3)35)39-22-10-11-24-25(14-22)34(5)26(32-24)16-38-21-8-6-20(7-9-21)15-30(4)28(36)33-29(37)40-30/h6-14H,15-16H2,1-5H3,(H,31,35)(H,33,36,37)/t30-/m1/s1. The number of hydrogen-bond donors (Lipinski definition) is 2. The molecule has 5 rings (SSSR count). The number of fused-ring (bicyclic) bond motifs is 1. The fraction of sp³-hybridized carbons (Fsp3) is 0.267. The highest BCUT2D eigenvalue weighted by molar-refractivity contribution is 8.16. The topological polar surface area (TPSA) is 112 Å². The Bertz CT molecular complexity index is 1620. The number of carbonyl (C=O) groups excluding carboxylic acids is 3. The van der Waals surface area contributed by atoms with E-state index in [9.17, 15) is 14.4 Å². The van der Waals surface area contributed by atoms with Gasteiger partial charge >= 0.3 is 0 Å². The highest BCUT2D eigenvalue weighted by Gasteiger charge is 2.43. The summed E-state index contributed by atoms with van der Waals surface area (Å²) < 4.78 is 13.3. The van der Waals surface area contributed by atoms with E-state index in [0.29, 0.717) is 23.7 Å². The van der Waals surface area contributed by atoms with Gasteiger partial charge in [-0.25, -0.2) is 4.98 Å². The number of imide groups is 1. The molecule has 0 spiro atoms. The molecule has 2 heterocycles. The van der Waals surface area contributed by atoms with Crippen LogP contribution in [0, 0.1) is 13.8 Å². The second-order valence-corrected chi connectivity index (χ2v) is 11.6. The number of thioether (sulfide) groups is 1. The van der Waals surface area contributed by atoms with Crippen LogP contribution in [-0.2, 0) is 29.7 Å². The van der Waals surface area contributed by atoms with Crippen LogP contribution in [0.3, 0.4) is 0 Å². The number of imidazole rings is 1. The van der Waals surface area contributed by atoms with Crippen LogP contribution in [0.15, 0.2) is 54.6 Å². The first-order valence-corrected chi connectivity index (χ1v) is 13.6. The summed E-state index contributed by atoms with van der Waals surface area (Å²) in [6.07, 6.45) is 0.448. The molecule has 1 aromatic heterocycles. The van der Waals surface area contributed by atoms with Crippen molar-refractivity contribution in [2.45, 2.75) is 45.5 Å². The zero-order valence-electron chi connectivity index (χ0n) is 23.0. The summed E-state index contributed by atoms with van der Waals surface area (Å²) in [7, 11) is 1.93. The molecule has 1 fully saturated rings. The molecule has 9 nitrogen and oxygen atoms in total. The number of aryl methyl sites for hydroxylation is 3. The highest BCUT2D eigenvalue weighted by atomic mass is 32.2. The van der Waals surface area contributed by atoms with Gasteiger partial charge in [-0.3, -0.25) is 19.7 Å². The van der Waals surface area contributed by atoms with Gasteiger partial charge < -0.3 is 19.4 Å². The Balaban J connectivity index is 1.26. The van der Waals surface area contributed by atoms with Crippen molar-refractivity contribution in [1.29, 1.82) is 0 Å². The van der Waals surface area contributed by atoms with E-state index in [4.69, 9.17) is 14.5 Å². The largest absolute Gasteiger partial charge is 0.486 e. The second kappa shape index (κ2) is 10.7. The third kappa shape index (κ3) is 5.67. The summed E-state index contributed by atoms with van der Waals surface area (Å²) in [5.41, 5.74) is 5.32. The lowest BCUT2D eigenvalue weighted by molar-refractivity contribution is -0.121. The summed E-state index contributed by atoms with van der Waals surface area (Å²) in [6, 6.07) is 17.1.